The van der Waals surface area contributed by atoms with Gasteiger partial charge in [0, 0.05) is 5.92 Å². The monoisotopic (exact) mass is 290 g/mol. The van der Waals surface area contributed by atoms with Crippen molar-refractivity contribution in [1.29, 1.82) is 0 Å². The van der Waals surface area contributed by atoms with Gasteiger partial charge in [-0.1, -0.05) is 30.3 Å². The maximum atomic E-state index is 12.0. The van der Waals surface area contributed by atoms with E-state index in [-0.39, 0.29) is 18.4 Å². The molecule has 0 aromatic heterocycles. The van der Waals surface area contributed by atoms with Crippen LogP contribution in [0.25, 0.3) is 0 Å². The molecule has 0 atom stereocenters. The van der Waals surface area contributed by atoms with Gasteiger partial charge >= 0.3 is 6.09 Å². The van der Waals surface area contributed by atoms with Crippen molar-refractivity contribution in [2.24, 2.45) is 11.7 Å². The Morgan fingerprint density at radius 3 is 2.43 bits per heavy atom. The van der Waals surface area contributed by atoms with E-state index < -0.39 is 6.09 Å². The molecule has 0 saturated heterocycles. The van der Waals surface area contributed by atoms with Gasteiger partial charge in [0.25, 0.3) is 0 Å². The van der Waals surface area contributed by atoms with Gasteiger partial charge in [-0.15, -0.1) is 0 Å². The molecule has 1 fully saturated rings. The average Bonchev–Trinajstić information content (AvgIpc) is 2.52. The zero-order valence-electron chi connectivity index (χ0n) is 12.1. The normalized spacial score (nSPS) is 21.5. The highest BCUT2D eigenvalue weighted by Gasteiger charge is 2.26. The summed E-state index contributed by atoms with van der Waals surface area (Å²) in [5.74, 6) is 0.682. The molecule has 0 heterocycles. The Morgan fingerprint density at radius 1 is 1.14 bits per heavy atom. The third kappa shape index (κ3) is 4.77. The summed E-state index contributed by atoms with van der Waals surface area (Å²) in [6.45, 7) is 0.445. The quantitative estimate of drug-likeness (QED) is 0.815. The van der Waals surface area contributed by atoms with E-state index in [4.69, 9.17) is 5.73 Å². The number of benzene rings is 1. The van der Waals surface area contributed by atoms with Crippen molar-refractivity contribution in [3.63, 3.8) is 0 Å². The fraction of sp³-hybridized carbons (Fsp3) is 0.500. The minimum atomic E-state index is -0.812. The van der Waals surface area contributed by atoms with Gasteiger partial charge in [-0.3, -0.25) is 4.79 Å². The molecule has 3 N–H and O–H groups in total. The summed E-state index contributed by atoms with van der Waals surface area (Å²) in [5, 5.41) is 2.79. The van der Waals surface area contributed by atoms with E-state index in [1.54, 1.807) is 0 Å². The summed E-state index contributed by atoms with van der Waals surface area (Å²) >= 11 is 0. The number of ether oxygens (including phenoxy) is 1. The molecule has 2 amide bonds. The number of hydrogen-bond acceptors (Lipinski definition) is 3. The summed E-state index contributed by atoms with van der Waals surface area (Å²) in [6, 6.07) is 10.5. The molecule has 1 aromatic carbocycles. The molecule has 1 aromatic rings. The molecule has 1 saturated carbocycles. The Morgan fingerprint density at radius 2 is 1.81 bits per heavy atom. The van der Waals surface area contributed by atoms with Crippen LogP contribution in [0.4, 0.5) is 4.79 Å². The van der Waals surface area contributed by atoms with Crippen LogP contribution in [0, 0.1) is 5.92 Å². The zero-order chi connectivity index (χ0) is 15.1. The number of carbonyl (C=O) groups is 2. The van der Waals surface area contributed by atoms with Crippen molar-refractivity contribution in [2.45, 2.75) is 31.6 Å². The van der Waals surface area contributed by atoms with Gasteiger partial charge in [0.15, 0.2) is 0 Å². The molecule has 1 aliphatic rings. The van der Waals surface area contributed by atoms with Crippen molar-refractivity contribution in [3.8, 4) is 0 Å². The maximum Gasteiger partial charge on any atom is 0.404 e. The smallest absolute Gasteiger partial charge is 0.404 e. The van der Waals surface area contributed by atoms with Gasteiger partial charge in [-0.2, -0.15) is 0 Å². The van der Waals surface area contributed by atoms with E-state index in [0.29, 0.717) is 12.5 Å². The lowest BCUT2D eigenvalue weighted by Crippen LogP contribution is -2.35. The van der Waals surface area contributed by atoms with Crippen LogP contribution >= 0.6 is 0 Å². The van der Waals surface area contributed by atoms with Crippen LogP contribution in [-0.2, 0) is 9.53 Å². The molecule has 0 bridgehead atoms. The molecule has 0 radical (unpaired) electrons. The molecule has 0 spiro atoms. The Kier molecular flexibility index (Phi) is 5.60. The highest BCUT2D eigenvalue weighted by atomic mass is 16.5. The molecule has 114 valence electrons. The summed E-state index contributed by atoms with van der Waals surface area (Å²) < 4.78 is 4.58. The first kappa shape index (κ1) is 15.4. The number of rotatable bonds is 5. The van der Waals surface area contributed by atoms with Crippen LogP contribution in [0.2, 0.25) is 0 Å². The van der Waals surface area contributed by atoms with Crippen LogP contribution in [0.1, 0.15) is 37.2 Å². The van der Waals surface area contributed by atoms with E-state index in [1.165, 1.54) is 5.56 Å². The molecular weight excluding hydrogens is 268 g/mol. The molecule has 21 heavy (non-hydrogen) atoms. The summed E-state index contributed by atoms with van der Waals surface area (Å²) in [5.41, 5.74) is 6.22. The number of nitrogens with two attached hydrogens (primary N) is 1. The molecule has 2 rings (SSSR count). The van der Waals surface area contributed by atoms with Crippen molar-refractivity contribution >= 4 is 12.0 Å². The third-order valence-electron chi connectivity index (χ3n) is 4.01. The van der Waals surface area contributed by atoms with Crippen molar-refractivity contribution in [3.05, 3.63) is 35.9 Å². The lowest BCUT2D eigenvalue weighted by atomic mass is 9.78. The van der Waals surface area contributed by atoms with Crippen LogP contribution in [0.15, 0.2) is 30.3 Å². The number of nitrogens with one attached hydrogen (secondary N) is 1. The van der Waals surface area contributed by atoms with E-state index in [9.17, 15) is 9.59 Å². The Balaban J connectivity index is 1.71. The van der Waals surface area contributed by atoms with E-state index in [2.05, 4.69) is 34.3 Å². The fourth-order valence-corrected chi connectivity index (χ4v) is 2.88. The average molecular weight is 290 g/mol. The summed E-state index contributed by atoms with van der Waals surface area (Å²) in [4.78, 5) is 22.4. The van der Waals surface area contributed by atoms with Gasteiger partial charge in [-0.05, 0) is 37.2 Å². The SMILES string of the molecule is NC(=O)OCCNC(=O)C1CCC(c2ccccc2)CC1. The number of hydrogen-bond donors (Lipinski definition) is 2. The minimum Gasteiger partial charge on any atom is -0.448 e. The first-order valence-corrected chi connectivity index (χ1v) is 7.41. The molecule has 5 heteroatoms. The highest BCUT2D eigenvalue weighted by molar-refractivity contribution is 5.78. The third-order valence-corrected chi connectivity index (χ3v) is 4.01. The summed E-state index contributed by atoms with van der Waals surface area (Å²) in [7, 11) is 0. The predicted molar refractivity (Wildman–Crippen MR) is 79.7 cm³/mol. The number of carbonyl (C=O) groups excluding carboxylic acids is 2. The van der Waals surface area contributed by atoms with Crippen LogP contribution in [0.3, 0.4) is 0 Å². The van der Waals surface area contributed by atoms with Gasteiger partial charge in [0.05, 0.1) is 6.54 Å². The Labute approximate surface area is 124 Å². The fourth-order valence-electron chi connectivity index (χ4n) is 2.88. The second kappa shape index (κ2) is 7.67. The highest BCUT2D eigenvalue weighted by Crippen LogP contribution is 2.35. The predicted octanol–water partition coefficient (Wildman–Crippen LogP) is 2.17. The Bertz CT molecular complexity index is 468. The molecule has 1 aliphatic carbocycles. The van der Waals surface area contributed by atoms with E-state index in [0.717, 1.165) is 25.7 Å². The maximum absolute atomic E-state index is 12.0. The van der Waals surface area contributed by atoms with Crippen LogP contribution in [-0.4, -0.2) is 25.2 Å². The second-order valence-corrected chi connectivity index (χ2v) is 5.42. The van der Waals surface area contributed by atoms with Crippen molar-refractivity contribution in [2.75, 3.05) is 13.2 Å². The van der Waals surface area contributed by atoms with Gasteiger partial charge in [0.1, 0.15) is 6.61 Å². The first-order valence-electron chi connectivity index (χ1n) is 7.41. The lowest BCUT2D eigenvalue weighted by molar-refractivity contribution is -0.126. The van der Waals surface area contributed by atoms with Gasteiger partial charge in [-0.25, -0.2) is 4.79 Å². The minimum absolute atomic E-state index is 0.0505. The van der Waals surface area contributed by atoms with Crippen LogP contribution < -0.4 is 11.1 Å². The number of amides is 2. The van der Waals surface area contributed by atoms with Gasteiger partial charge in [0.2, 0.25) is 5.91 Å². The standard InChI is InChI=1S/C16H22N2O3/c17-16(20)21-11-10-18-15(19)14-8-6-13(7-9-14)12-4-2-1-3-5-12/h1-5,13-14H,6-11H2,(H2,17,20)(H,18,19). The Hall–Kier alpha value is -2.04. The molecule has 0 unspecified atom stereocenters. The van der Waals surface area contributed by atoms with E-state index >= 15 is 0 Å². The second-order valence-electron chi connectivity index (χ2n) is 5.42. The summed E-state index contributed by atoms with van der Waals surface area (Å²) in [6.07, 6.45) is 3.08. The number of primary amides is 1. The molecule has 5 nitrogen and oxygen atoms in total. The first-order chi connectivity index (χ1) is 10.2. The van der Waals surface area contributed by atoms with Crippen molar-refractivity contribution in [1.82, 2.24) is 5.32 Å². The van der Waals surface area contributed by atoms with Crippen molar-refractivity contribution < 1.29 is 14.3 Å². The van der Waals surface area contributed by atoms with Crippen LogP contribution in [0.5, 0.6) is 0 Å². The zero-order valence-corrected chi connectivity index (χ0v) is 12.1. The van der Waals surface area contributed by atoms with Gasteiger partial charge < -0.3 is 15.8 Å². The lowest BCUT2D eigenvalue weighted by Gasteiger charge is -2.28. The topological polar surface area (TPSA) is 81.4 Å². The molecule has 0 aliphatic heterocycles. The van der Waals surface area contributed by atoms with E-state index in [1.807, 2.05) is 6.07 Å². The largest absolute Gasteiger partial charge is 0.448 e. The molecular formula is C16H22N2O3.